The Morgan fingerprint density at radius 3 is 2.81 bits per heavy atom. The number of benzene rings is 1. The Balaban J connectivity index is 1.88. The Kier molecular flexibility index (Phi) is 5.32. The molecule has 1 aliphatic rings. The molecule has 0 saturated carbocycles. The van der Waals surface area contributed by atoms with E-state index < -0.39 is 4.92 Å². The molecule has 7 nitrogen and oxygen atoms in total. The molecule has 0 radical (unpaired) electrons. The second-order valence-electron chi connectivity index (χ2n) is 6.42. The van der Waals surface area contributed by atoms with Crippen molar-refractivity contribution in [3.63, 3.8) is 0 Å². The third kappa shape index (κ3) is 3.91. The molecule has 0 amide bonds. The van der Waals surface area contributed by atoms with Crippen molar-refractivity contribution in [1.29, 1.82) is 0 Å². The molecule has 2 N–H and O–H groups in total. The van der Waals surface area contributed by atoms with E-state index in [-0.39, 0.29) is 29.5 Å². The van der Waals surface area contributed by atoms with Crippen LogP contribution in [0.4, 0.5) is 21.6 Å². The minimum Gasteiger partial charge on any atom is -0.393 e. The van der Waals surface area contributed by atoms with Gasteiger partial charge in [-0.05, 0) is 44.0 Å². The van der Waals surface area contributed by atoms with Gasteiger partial charge in [0.15, 0.2) is 0 Å². The zero-order valence-electron chi connectivity index (χ0n) is 14.4. The number of aliphatic hydroxyl groups is 1. The first-order chi connectivity index (χ1) is 12.5. The Bertz CT molecular complexity index is 794. The molecule has 0 bridgehead atoms. The lowest BCUT2D eigenvalue weighted by molar-refractivity contribution is -0.384. The van der Waals surface area contributed by atoms with Crippen LogP contribution in [-0.2, 0) is 0 Å². The predicted octanol–water partition coefficient (Wildman–Crippen LogP) is 3.26. The van der Waals surface area contributed by atoms with E-state index in [1.807, 2.05) is 6.92 Å². The Labute approximate surface area is 150 Å². The average molecular weight is 360 g/mol. The average Bonchev–Trinajstić information content (AvgIpc) is 2.63. The Hall–Kier alpha value is -2.74. The quantitative estimate of drug-likeness (QED) is 0.628. The standard InChI is InChI=1S/C18H21FN4O3/c1-12(21-18-17(23(25)26)3-2-8-20-18)15-11-13(19)4-5-16(15)22-9-6-14(24)7-10-22/h2-5,8,11-12,14,24H,6-7,9-10H2,1H3,(H,20,21)/t12-/m1/s1. The smallest absolute Gasteiger partial charge is 0.311 e. The number of nitro groups is 1. The third-order valence-corrected chi connectivity index (χ3v) is 4.60. The normalized spacial score (nSPS) is 16.3. The van der Waals surface area contributed by atoms with E-state index >= 15 is 0 Å². The van der Waals surface area contributed by atoms with Gasteiger partial charge in [-0.1, -0.05) is 0 Å². The van der Waals surface area contributed by atoms with Gasteiger partial charge in [0.2, 0.25) is 5.82 Å². The maximum atomic E-state index is 13.9. The highest BCUT2D eigenvalue weighted by molar-refractivity contribution is 5.60. The van der Waals surface area contributed by atoms with Crippen molar-refractivity contribution in [2.75, 3.05) is 23.3 Å². The van der Waals surface area contributed by atoms with Crippen molar-refractivity contribution in [3.8, 4) is 0 Å². The van der Waals surface area contributed by atoms with Crippen LogP contribution in [0.2, 0.25) is 0 Å². The van der Waals surface area contributed by atoms with E-state index in [9.17, 15) is 19.6 Å². The molecule has 1 atom stereocenters. The lowest BCUT2D eigenvalue weighted by atomic mass is 10.0. The number of nitrogens with zero attached hydrogens (tertiary/aromatic N) is 3. The second-order valence-corrected chi connectivity index (χ2v) is 6.42. The van der Waals surface area contributed by atoms with Crippen LogP contribution in [0.25, 0.3) is 0 Å². The molecule has 2 aromatic rings. The molecule has 1 aliphatic heterocycles. The molecule has 3 rings (SSSR count). The fourth-order valence-electron chi connectivity index (χ4n) is 3.21. The van der Waals surface area contributed by atoms with Crippen LogP contribution in [0.1, 0.15) is 31.4 Å². The van der Waals surface area contributed by atoms with Crippen LogP contribution in [0.5, 0.6) is 0 Å². The molecular formula is C18H21FN4O3. The fourth-order valence-corrected chi connectivity index (χ4v) is 3.21. The minimum absolute atomic E-state index is 0.126. The summed E-state index contributed by atoms with van der Waals surface area (Å²) in [5, 5.41) is 23.9. The first-order valence-electron chi connectivity index (χ1n) is 8.54. The molecule has 138 valence electrons. The molecule has 8 heteroatoms. The fraction of sp³-hybridized carbons (Fsp3) is 0.389. The number of aliphatic hydroxyl groups excluding tert-OH is 1. The van der Waals surface area contributed by atoms with Crippen LogP contribution in [0, 0.1) is 15.9 Å². The van der Waals surface area contributed by atoms with Crippen molar-refractivity contribution in [2.45, 2.75) is 31.9 Å². The number of hydrogen-bond acceptors (Lipinski definition) is 6. The summed E-state index contributed by atoms with van der Waals surface area (Å²) < 4.78 is 13.9. The summed E-state index contributed by atoms with van der Waals surface area (Å²) in [6.07, 6.45) is 2.48. The van der Waals surface area contributed by atoms with Gasteiger partial charge in [0.05, 0.1) is 17.1 Å². The van der Waals surface area contributed by atoms with Crippen molar-refractivity contribution in [2.24, 2.45) is 0 Å². The first-order valence-corrected chi connectivity index (χ1v) is 8.54. The van der Waals surface area contributed by atoms with Gasteiger partial charge < -0.3 is 15.3 Å². The zero-order valence-corrected chi connectivity index (χ0v) is 14.4. The molecule has 1 saturated heterocycles. The topological polar surface area (TPSA) is 91.5 Å². The number of nitrogens with one attached hydrogen (secondary N) is 1. The van der Waals surface area contributed by atoms with Crippen LogP contribution >= 0.6 is 0 Å². The molecule has 1 aromatic heterocycles. The minimum atomic E-state index is -0.499. The number of hydrogen-bond donors (Lipinski definition) is 2. The maximum absolute atomic E-state index is 13.9. The first kappa shape index (κ1) is 18.1. The van der Waals surface area contributed by atoms with Gasteiger partial charge in [0.25, 0.3) is 0 Å². The molecule has 2 heterocycles. The van der Waals surface area contributed by atoms with E-state index in [1.54, 1.807) is 6.07 Å². The highest BCUT2D eigenvalue weighted by atomic mass is 19.1. The highest BCUT2D eigenvalue weighted by Crippen LogP contribution is 2.33. The van der Waals surface area contributed by atoms with Crippen LogP contribution < -0.4 is 10.2 Å². The number of anilines is 2. The van der Waals surface area contributed by atoms with Crippen molar-refractivity contribution < 1.29 is 14.4 Å². The van der Waals surface area contributed by atoms with Crippen LogP contribution in [0.15, 0.2) is 36.5 Å². The van der Waals surface area contributed by atoms with E-state index in [0.717, 1.165) is 5.69 Å². The molecule has 0 spiro atoms. The summed E-state index contributed by atoms with van der Waals surface area (Å²) in [6.45, 7) is 3.17. The van der Waals surface area contributed by atoms with E-state index in [2.05, 4.69) is 15.2 Å². The number of pyridine rings is 1. The summed E-state index contributed by atoms with van der Waals surface area (Å²) in [4.78, 5) is 16.8. The van der Waals surface area contributed by atoms with E-state index in [4.69, 9.17) is 0 Å². The summed E-state index contributed by atoms with van der Waals surface area (Å²) >= 11 is 0. The van der Waals surface area contributed by atoms with E-state index in [0.29, 0.717) is 31.5 Å². The third-order valence-electron chi connectivity index (χ3n) is 4.60. The van der Waals surface area contributed by atoms with Gasteiger partial charge in [-0.2, -0.15) is 0 Å². The lowest BCUT2D eigenvalue weighted by Crippen LogP contribution is -2.36. The van der Waals surface area contributed by atoms with Gasteiger partial charge in [-0.3, -0.25) is 10.1 Å². The second kappa shape index (κ2) is 7.65. The van der Waals surface area contributed by atoms with E-state index in [1.165, 1.54) is 30.5 Å². The number of rotatable bonds is 5. The number of piperidine rings is 1. The summed E-state index contributed by atoms with van der Waals surface area (Å²) in [5.74, 6) is -0.223. The van der Waals surface area contributed by atoms with Gasteiger partial charge in [0, 0.05) is 36.6 Å². The molecule has 0 unspecified atom stereocenters. The largest absolute Gasteiger partial charge is 0.393 e. The maximum Gasteiger partial charge on any atom is 0.311 e. The SMILES string of the molecule is C[C@@H](Nc1ncccc1[N+](=O)[O-])c1cc(F)ccc1N1CCC(O)CC1. The zero-order chi connectivity index (χ0) is 18.7. The van der Waals surface area contributed by atoms with Crippen LogP contribution in [0.3, 0.4) is 0 Å². The number of aromatic nitrogens is 1. The van der Waals surface area contributed by atoms with Gasteiger partial charge in [-0.25, -0.2) is 9.37 Å². The summed E-state index contributed by atoms with van der Waals surface area (Å²) in [6, 6.07) is 7.04. The van der Waals surface area contributed by atoms with Gasteiger partial charge in [0.1, 0.15) is 5.82 Å². The Morgan fingerprint density at radius 1 is 1.38 bits per heavy atom. The van der Waals surface area contributed by atoms with Crippen LogP contribution in [-0.4, -0.2) is 34.2 Å². The summed E-state index contributed by atoms with van der Waals surface area (Å²) in [5.41, 5.74) is 1.43. The molecule has 26 heavy (non-hydrogen) atoms. The molecule has 1 fully saturated rings. The highest BCUT2D eigenvalue weighted by Gasteiger charge is 2.23. The number of halogens is 1. The van der Waals surface area contributed by atoms with Crippen molar-refractivity contribution in [1.82, 2.24) is 4.98 Å². The molecule has 0 aliphatic carbocycles. The summed E-state index contributed by atoms with van der Waals surface area (Å²) in [7, 11) is 0. The predicted molar refractivity (Wildman–Crippen MR) is 96.8 cm³/mol. The molecule has 1 aromatic carbocycles. The molecular weight excluding hydrogens is 339 g/mol. The lowest BCUT2D eigenvalue weighted by Gasteiger charge is -2.34. The van der Waals surface area contributed by atoms with Crippen molar-refractivity contribution in [3.05, 3.63) is 58.0 Å². The Morgan fingerprint density at radius 2 is 2.12 bits per heavy atom. The van der Waals surface area contributed by atoms with Gasteiger partial charge in [-0.15, -0.1) is 0 Å². The van der Waals surface area contributed by atoms with Gasteiger partial charge >= 0.3 is 5.69 Å². The van der Waals surface area contributed by atoms with Crippen molar-refractivity contribution >= 4 is 17.2 Å². The monoisotopic (exact) mass is 360 g/mol.